The summed E-state index contributed by atoms with van der Waals surface area (Å²) in [5.41, 5.74) is 2.54. The molecule has 0 radical (unpaired) electrons. The summed E-state index contributed by atoms with van der Waals surface area (Å²) in [5, 5.41) is 5.31. The number of hydrogen-bond donors (Lipinski definition) is 1. The Kier molecular flexibility index (Phi) is 3.05. The monoisotopic (exact) mass is 247 g/mol. The lowest BCUT2D eigenvalue weighted by atomic mass is 10.2. The van der Waals surface area contributed by atoms with E-state index < -0.39 is 0 Å². The van der Waals surface area contributed by atoms with Crippen molar-refractivity contribution >= 4 is 16.9 Å². The molecule has 1 saturated carbocycles. The van der Waals surface area contributed by atoms with E-state index in [4.69, 9.17) is 0 Å². The topological polar surface area (TPSA) is 37.3 Å². The second kappa shape index (κ2) is 4.69. The molecule has 1 fully saturated rings. The van der Waals surface area contributed by atoms with Crippen LogP contribution in [-0.2, 0) is 6.54 Å². The van der Waals surface area contributed by atoms with Gasteiger partial charge in [-0.1, -0.05) is 11.8 Å². The smallest absolute Gasteiger partial charge is 0.157 e. The van der Waals surface area contributed by atoms with E-state index in [9.17, 15) is 0 Å². The number of aliphatic imine (C=N–C) groups is 1. The summed E-state index contributed by atoms with van der Waals surface area (Å²) in [6, 6.07) is 2.07. The van der Waals surface area contributed by atoms with Crippen molar-refractivity contribution in [2.24, 2.45) is 10.9 Å². The first kappa shape index (κ1) is 11.1. The highest BCUT2D eigenvalue weighted by molar-refractivity contribution is 8.14. The summed E-state index contributed by atoms with van der Waals surface area (Å²) in [6.07, 6.45) is 6.57. The SMILES string of the molecule is Cc1cnccc1CNC1=NCC(C2CC2)S1. The van der Waals surface area contributed by atoms with Crippen molar-refractivity contribution in [1.29, 1.82) is 0 Å². The van der Waals surface area contributed by atoms with Crippen LogP contribution in [0.1, 0.15) is 24.0 Å². The molecule has 0 saturated heterocycles. The lowest BCUT2D eigenvalue weighted by Gasteiger charge is -2.09. The van der Waals surface area contributed by atoms with Gasteiger partial charge in [-0.25, -0.2) is 0 Å². The van der Waals surface area contributed by atoms with Crippen LogP contribution in [-0.4, -0.2) is 21.9 Å². The Bertz CT molecular complexity index is 440. The zero-order valence-electron chi connectivity index (χ0n) is 10.0. The van der Waals surface area contributed by atoms with E-state index in [0.717, 1.165) is 29.4 Å². The average molecular weight is 247 g/mol. The first-order chi connectivity index (χ1) is 8.33. The van der Waals surface area contributed by atoms with Gasteiger partial charge in [0.05, 0.1) is 6.54 Å². The molecule has 1 aliphatic heterocycles. The molecule has 3 nitrogen and oxygen atoms in total. The third-order valence-corrected chi connectivity index (χ3v) is 4.73. The Morgan fingerprint density at radius 1 is 1.47 bits per heavy atom. The molecule has 1 aliphatic carbocycles. The predicted octanol–water partition coefficient (Wildman–Crippen LogP) is 2.36. The standard InChI is InChI=1S/C13H17N3S/c1-9-6-14-5-4-11(9)7-15-13-16-8-12(17-13)10-2-3-10/h4-6,10,12H,2-3,7-8H2,1H3,(H,15,16). The maximum atomic E-state index is 4.58. The summed E-state index contributed by atoms with van der Waals surface area (Å²) in [4.78, 5) is 8.68. The van der Waals surface area contributed by atoms with Crippen molar-refractivity contribution in [1.82, 2.24) is 10.3 Å². The molecule has 1 aromatic rings. The van der Waals surface area contributed by atoms with E-state index in [1.54, 1.807) is 0 Å². The third-order valence-electron chi connectivity index (χ3n) is 3.39. The average Bonchev–Trinajstić information content (AvgIpc) is 3.08. The lowest BCUT2D eigenvalue weighted by molar-refractivity contribution is 0.772. The lowest BCUT2D eigenvalue weighted by Crippen LogP contribution is -2.19. The molecule has 2 aliphatic rings. The highest BCUT2D eigenvalue weighted by Crippen LogP contribution is 2.41. The number of hydrogen-bond acceptors (Lipinski definition) is 4. The third kappa shape index (κ3) is 2.63. The molecule has 1 aromatic heterocycles. The van der Waals surface area contributed by atoms with Gasteiger partial charge in [-0.2, -0.15) is 0 Å². The second-order valence-corrected chi connectivity index (χ2v) is 6.02. The molecule has 17 heavy (non-hydrogen) atoms. The van der Waals surface area contributed by atoms with Crippen molar-refractivity contribution in [3.8, 4) is 0 Å². The molecular weight excluding hydrogens is 230 g/mol. The van der Waals surface area contributed by atoms with Crippen molar-refractivity contribution < 1.29 is 0 Å². The minimum absolute atomic E-state index is 0.746. The number of thioether (sulfide) groups is 1. The second-order valence-electron chi connectivity index (χ2n) is 4.80. The summed E-state index contributed by atoms with van der Waals surface area (Å²) < 4.78 is 0. The van der Waals surface area contributed by atoms with Crippen LogP contribution < -0.4 is 5.32 Å². The van der Waals surface area contributed by atoms with Crippen LogP contribution >= 0.6 is 11.8 Å². The number of aromatic nitrogens is 1. The number of nitrogens with one attached hydrogen (secondary N) is 1. The van der Waals surface area contributed by atoms with Gasteiger partial charge in [-0.05, 0) is 42.9 Å². The first-order valence-electron chi connectivity index (χ1n) is 6.17. The molecular formula is C13H17N3S. The Morgan fingerprint density at radius 3 is 3.12 bits per heavy atom. The molecule has 0 spiro atoms. The van der Waals surface area contributed by atoms with Gasteiger partial charge >= 0.3 is 0 Å². The minimum Gasteiger partial charge on any atom is -0.361 e. The van der Waals surface area contributed by atoms with Gasteiger partial charge in [0.25, 0.3) is 0 Å². The number of pyridine rings is 1. The van der Waals surface area contributed by atoms with Crippen LogP contribution in [0.15, 0.2) is 23.5 Å². The molecule has 2 heterocycles. The molecule has 1 unspecified atom stereocenters. The van der Waals surface area contributed by atoms with Gasteiger partial charge < -0.3 is 5.32 Å². The Hall–Kier alpha value is -1.03. The fourth-order valence-corrected chi connectivity index (χ4v) is 3.28. The predicted molar refractivity (Wildman–Crippen MR) is 72.2 cm³/mol. The van der Waals surface area contributed by atoms with Gasteiger partial charge in [0, 0.05) is 24.2 Å². The molecule has 0 aromatic carbocycles. The Labute approximate surface area is 106 Å². The zero-order chi connectivity index (χ0) is 11.7. The highest BCUT2D eigenvalue weighted by atomic mass is 32.2. The fourth-order valence-electron chi connectivity index (χ4n) is 2.07. The van der Waals surface area contributed by atoms with E-state index in [1.807, 2.05) is 24.2 Å². The van der Waals surface area contributed by atoms with Crippen molar-refractivity contribution in [3.05, 3.63) is 29.6 Å². The van der Waals surface area contributed by atoms with Crippen LogP contribution in [0.25, 0.3) is 0 Å². The molecule has 90 valence electrons. The summed E-state index contributed by atoms with van der Waals surface area (Å²) in [7, 11) is 0. The zero-order valence-corrected chi connectivity index (χ0v) is 10.8. The van der Waals surface area contributed by atoms with Gasteiger partial charge in [0.1, 0.15) is 0 Å². The fraction of sp³-hybridized carbons (Fsp3) is 0.538. The Morgan fingerprint density at radius 2 is 2.35 bits per heavy atom. The van der Waals surface area contributed by atoms with Crippen molar-refractivity contribution in [2.75, 3.05) is 6.54 Å². The quantitative estimate of drug-likeness (QED) is 0.891. The summed E-state index contributed by atoms with van der Waals surface area (Å²) >= 11 is 1.93. The van der Waals surface area contributed by atoms with E-state index >= 15 is 0 Å². The molecule has 1 atom stereocenters. The highest BCUT2D eigenvalue weighted by Gasteiger charge is 2.35. The van der Waals surface area contributed by atoms with E-state index in [1.165, 1.54) is 24.0 Å². The molecule has 1 N–H and O–H groups in total. The van der Waals surface area contributed by atoms with Crippen LogP contribution in [0, 0.1) is 12.8 Å². The van der Waals surface area contributed by atoms with Crippen molar-refractivity contribution in [2.45, 2.75) is 31.6 Å². The van der Waals surface area contributed by atoms with Gasteiger partial charge in [-0.3, -0.25) is 9.98 Å². The summed E-state index contributed by atoms with van der Waals surface area (Å²) in [5.74, 6) is 0.936. The van der Waals surface area contributed by atoms with Crippen LogP contribution in [0.3, 0.4) is 0 Å². The van der Waals surface area contributed by atoms with E-state index in [-0.39, 0.29) is 0 Å². The van der Waals surface area contributed by atoms with E-state index in [2.05, 4.69) is 28.3 Å². The van der Waals surface area contributed by atoms with Crippen LogP contribution in [0.2, 0.25) is 0 Å². The Balaban J connectivity index is 1.53. The van der Waals surface area contributed by atoms with Gasteiger partial charge in [0.2, 0.25) is 0 Å². The van der Waals surface area contributed by atoms with E-state index in [0.29, 0.717) is 0 Å². The first-order valence-corrected chi connectivity index (χ1v) is 7.05. The number of aryl methyl sites for hydroxylation is 1. The normalized spacial score (nSPS) is 23.6. The number of rotatable bonds is 3. The maximum absolute atomic E-state index is 4.58. The number of amidine groups is 1. The van der Waals surface area contributed by atoms with Gasteiger partial charge in [-0.15, -0.1) is 0 Å². The largest absolute Gasteiger partial charge is 0.361 e. The van der Waals surface area contributed by atoms with Gasteiger partial charge in [0.15, 0.2) is 5.17 Å². The molecule has 3 rings (SSSR count). The molecule has 0 amide bonds. The van der Waals surface area contributed by atoms with Crippen molar-refractivity contribution in [3.63, 3.8) is 0 Å². The minimum atomic E-state index is 0.746. The maximum Gasteiger partial charge on any atom is 0.157 e. The number of nitrogens with zero attached hydrogens (tertiary/aromatic N) is 2. The van der Waals surface area contributed by atoms with Crippen LogP contribution in [0.5, 0.6) is 0 Å². The molecule has 4 heteroatoms. The van der Waals surface area contributed by atoms with Crippen LogP contribution in [0.4, 0.5) is 0 Å². The summed E-state index contributed by atoms with van der Waals surface area (Å²) in [6.45, 7) is 3.96. The molecule has 0 bridgehead atoms.